The Kier molecular flexibility index (Phi) is 5.70. The summed E-state index contributed by atoms with van der Waals surface area (Å²) in [7, 11) is 0. The van der Waals surface area contributed by atoms with Gasteiger partial charge in [0.1, 0.15) is 13.2 Å². The van der Waals surface area contributed by atoms with Gasteiger partial charge in [0.15, 0.2) is 11.5 Å². The van der Waals surface area contributed by atoms with Crippen LogP contribution in [0.15, 0.2) is 18.2 Å². The zero-order valence-corrected chi connectivity index (χ0v) is 14.8. The van der Waals surface area contributed by atoms with Gasteiger partial charge in [0, 0.05) is 13.1 Å². The lowest BCUT2D eigenvalue weighted by atomic mass is 9.83. The van der Waals surface area contributed by atoms with E-state index in [1.165, 1.54) is 0 Å². The molecule has 1 heterocycles. The van der Waals surface area contributed by atoms with Gasteiger partial charge in [-0.05, 0) is 45.4 Å². The molecular formula is C18H26N2O4. The van der Waals surface area contributed by atoms with Gasteiger partial charge < -0.3 is 19.7 Å². The van der Waals surface area contributed by atoms with Gasteiger partial charge in [-0.25, -0.2) is 0 Å². The van der Waals surface area contributed by atoms with Crippen LogP contribution in [0.3, 0.4) is 0 Å². The Morgan fingerprint density at radius 1 is 1.12 bits per heavy atom. The molecule has 132 valence electrons. The molecule has 0 fully saturated rings. The fourth-order valence-corrected chi connectivity index (χ4v) is 2.63. The van der Waals surface area contributed by atoms with Gasteiger partial charge in [0.25, 0.3) is 0 Å². The summed E-state index contributed by atoms with van der Waals surface area (Å²) >= 11 is 0. The van der Waals surface area contributed by atoms with Crippen LogP contribution in [0.5, 0.6) is 11.5 Å². The molecule has 1 aliphatic rings. The topological polar surface area (TPSA) is 67.9 Å². The van der Waals surface area contributed by atoms with Crippen LogP contribution in [0.4, 0.5) is 0 Å². The summed E-state index contributed by atoms with van der Waals surface area (Å²) in [5.41, 5.74) is 0.0406. The molecule has 1 aromatic carbocycles. The first-order valence-electron chi connectivity index (χ1n) is 8.36. The van der Waals surface area contributed by atoms with Gasteiger partial charge >= 0.3 is 0 Å². The lowest BCUT2D eigenvalue weighted by Crippen LogP contribution is -2.45. The number of amides is 2. The highest BCUT2D eigenvalue weighted by molar-refractivity contribution is 5.91. The van der Waals surface area contributed by atoms with Crippen LogP contribution in [0.25, 0.3) is 0 Å². The fraction of sp³-hybridized carbons (Fsp3) is 0.556. The third-order valence-corrected chi connectivity index (χ3v) is 4.35. The van der Waals surface area contributed by atoms with E-state index < -0.39 is 5.41 Å². The Morgan fingerprint density at radius 2 is 1.75 bits per heavy atom. The molecule has 0 radical (unpaired) electrons. The average Bonchev–Trinajstić information content (AvgIpc) is 2.60. The minimum absolute atomic E-state index is 0.00843. The lowest BCUT2D eigenvalue weighted by Gasteiger charge is -2.27. The lowest BCUT2D eigenvalue weighted by molar-refractivity contribution is -0.133. The minimum Gasteiger partial charge on any atom is -0.486 e. The van der Waals surface area contributed by atoms with Crippen LogP contribution in [-0.2, 0) is 15.0 Å². The van der Waals surface area contributed by atoms with E-state index in [0.29, 0.717) is 37.8 Å². The molecule has 0 aromatic heterocycles. The van der Waals surface area contributed by atoms with Gasteiger partial charge in [-0.1, -0.05) is 6.07 Å². The van der Waals surface area contributed by atoms with E-state index in [4.69, 9.17) is 9.47 Å². The number of nitrogens with one attached hydrogen (secondary N) is 1. The first kappa shape index (κ1) is 18.1. The summed E-state index contributed by atoms with van der Waals surface area (Å²) < 4.78 is 11.1. The number of benzene rings is 1. The molecule has 0 spiro atoms. The van der Waals surface area contributed by atoms with Gasteiger partial charge in [0.05, 0.1) is 12.0 Å². The number of hydrogen-bond acceptors (Lipinski definition) is 4. The maximum Gasteiger partial charge on any atom is 0.241 e. The molecule has 1 N–H and O–H groups in total. The molecule has 2 amide bonds. The van der Waals surface area contributed by atoms with E-state index in [-0.39, 0.29) is 18.4 Å². The second-order valence-electron chi connectivity index (χ2n) is 6.23. The van der Waals surface area contributed by atoms with Crippen molar-refractivity contribution in [2.24, 2.45) is 0 Å². The van der Waals surface area contributed by atoms with E-state index in [1.54, 1.807) is 4.90 Å². The second-order valence-corrected chi connectivity index (χ2v) is 6.23. The number of carbonyl (C=O) groups excluding carboxylic acids is 2. The van der Waals surface area contributed by atoms with Crippen molar-refractivity contribution < 1.29 is 19.1 Å². The number of rotatable bonds is 6. The number of hydrogen-bond donors (Lipinski definition) is 1. The van der Waals surface area contributed by atoms with Crippen LogP contribution in [-0.4, -0.2) is 49.6 Å². The third-order valence-electron chi connectivity index (χ3n) is 4.35. The quantitative estimate of drug-likeness (QED) is 0.860. The standard InChI is InChI=1S/C18H26N2O4/c1-5-20(6-2)16(21)12-19-17(22)18(3,4)13-7-8-14-15(11-13)24-10-9-23-14/h7-8,11H,5-6,9-10,12H2,1-4H3,(H,19,22). The number of likely N-dealkylation sites (N-methyl/N-ethyl adjacent to an activating group) is 1. The van der Waals surface area contributed by atoms with Crippen LogP contribution >= 0.6 is 0 Å². The SMILES string of the molecule is CCN(CC)C(=O)CNC(=O)C(C)(C)c1ccc2c(c1)OCCO2. The van der Waals surface area contributed by atoms with Crippen LogP contribution in [0.1, 0.15) is 33.3 Å². The van der Waals surface area contributed by atoms with Gasteiger partial charge in [0.2, 0.25) is 11.8 Å². The maximum atomic E-state index is 12.6. The molecule has 0 unspecified atom stereocenters. The average molecular weight is 334 g/mol. The van der Waals surface area contributed by atoms with Crippen molar-refractivity contribution >= 4 is 11.8 Å². The zero-order valence-electron chi connectivity index (χ0n) is 14.8. The van der Waals surface area contributed by atoms with Gasteiger partial charge in [-0.3, -0.25) is 9.59 Å². The Labute approximate surface area is 143 Å². The highest BCUT2D eigenvalue weighted by atomic mass is 16.6. The fourth-order valence-electron chi connectivity index (χ4n) is 2.63. The van der Waals surface area contributed by atoms with Crippen molar-refractivity contribution in [3.05, 3.63) is 23.8 Å². The number of carbonyl (C=O) groups is 2. The third kappa shape index (κ3) is 3.80. The van der Waals surface area contributed by atoms with E-state index in [2.05, 4.69) is 5.32 Å². The highest BCUT2D eigenvalue weighted by Crippen LogP contribution is 2.35. The molecule has 1 aromatic rings. The predicted molar refractivity (Wildman–Crippen MR) is 91.4 cm³/mol. The molecule has 0 saturated heterocycles. The van der Waals surface area contributed by atoms with Crippen molar-refractivity contribution in [2.45, 2.75) is 33.1 Å². The van der Waals surface area contributed by atoms with Crippen molar-refractivity contribution in [2.75, 3.05) is 32.8 Å². The van der Waals surface area contributed by atoms with Gasteiger partial charge in [-0.2, -0.15) is 0 Å². The molecule has 0 atom stereocenters. The highest BCUT2D eigenvalue weighted by Gasteiger charge is 2.31. The molecular weight excluding hydrogens is 308 g/mol. The van der Waals surface area contributed by atoms with Crippen LogP contribution in [0.2, 0.25) is 0 Å². The van der Waals surface area contributed by atoms with Crippen LogP contribution in [0, 0.1) is 0 Å². The van der Waals surface area contributed by atoms with Crippen molar-refractivity contribution in [3.63, 3.8) is 0 Å². The van der Waals surface area contributed by atoms with Gasteiger partial charge in [-0.15, -0.1) is 0 Å². The summed E-state index contributed by atoms with van der Waals surface area (Å²) in [4.78, 5) is 26.3. The molecule has 0 aliphatic carbocycles. The summed E-state index contributed by atoms with van der Waals surface area (Å²) in [5, 5.41) is 2.75. The zero-order chi connectivity index (χ0) is 17.7. The molecule has 6 heteroatoms. The van der Waals surface area contributed by atoms with E-state index in [1.807, 2.05) is 45.9 Å². The first-order chi connectivity index (χ1) is 11.4. The first-order valence-corrected chi connectivity index (χ1v) is 8.36. The number of ether oxygens (including phenoxy) is 2. The smallest absolute Gasteiger partial charge is 0.241 e. The van der Waals surface area contributed by atoms with Crippen molar-refractivity contribution in [1.29, 1.82) is 0 Å². The second kappa shape index (κ2) is 7.55. The molecule has 0 bridgehead atoms. The Morgan fingerprint density at radius 3 is 2.38 bits per heavy atom. The van der Waals surface area contributed by atoms with Crippen molar-refractivity contribution in [1.82, 2.24) is 10.2 Å². The van der Waals surface area contributed by atoms with E-state index >= 15 is 0 Å². The Balaban J connectivity index is 2.06. The minimum atomic E-state index is -0.778. The molecule has 6 nitrogen and oxygen atoms in total. The summed E-state index contributed by atoms with van der Waals surface area (Å²) in [5.74, 6) is 1.07. The normalized spacial score (nSPS) is 13.3. The van der Waals surface area contributed by atoms with Crippen molar-refractivity contribution in [3.8, 4) is 11.5 Å². The molecule has 24 heavy (non-hydrogen) atoms. The molecule has 0 saturated carbocycles. The molecule has 1 aliphatic heterocycles. The van der Waals surface area contributed by atoms with Crippen LogP contribution < -0.4 is 14.8 Å². The number of fused-ring (bicyclic) bond motifs is 1. The Hall–Kier alpha value is -2.24. The Bertz CT molecular complexity index is 609. The molecule has 2 rings (SSSR count). The summed E-state index contributed by atoms with van der Waals surface area (Å²) in [6.07, 6.45) is 0. The predicted octanol–water partition coefficient (Wildman–Crippen LogP) is 1.72. The summed E-state index contributed by atoms with van der Waals surface area (Å²) in [6.45, 7) is 9.81. The summed E-state index contributed by atoms with van der Waals surface area (Å²) in [6, 6.07) is 5.51. The largest absolute Gasteiger partial charge is 0.486 e. The van der Waals surface area contributed by atoms with E-state index in [0.717, 1.165) is 5.56 Å². The number of nitrogens with zero attached hydrogens (tertiary/aromatic N) is 1. The van der Waals surface area contributed by atoms with E-state index in [9.17, 15) is 9.59 Å². The maximum absolute atomic E-state index is 12.6. The monoisotopic (exact) mass is 334 g/mol.